The van der Waals surface area contributed by atoms with E-state index in [0.717, 1.165) is 40.2 Å². The zero-order valence-corrected chi connectivity index (χ0v) is 19.2. The molecule has 0 unspecified atom stereocenters. The summed E-state index contributed by atoms with van der Waals surface area (Å²) in [7, 11) is 3.25. The van der Waals surface area contributed by atoms with Crippen molar-refractivity contribution in [3.8, 4) is 11.5 Å². The maximum absolute atomic E-state index is 13.7. The molecule has 3 heterocycles. The third-order valence-electron chi connectivity index (χ3n) is 6.57. The summed E-state index contributed by atoms with van der Waals surface area (Å²) in [6.07, 6.45) is 1.29. The van der Waals surface area contributed by atoms with E-state index in [1.807, 2.05) is 36.4 Å². The van der Waals surface area contributed by atoms with Crippen LogP contribution < -0.4 is 14.8 Å². The number of hydrogen-bond donors (Lipinski definition) is 1. The highest BCUT2D eigenvalue weighted by Gasteiger charge is 2.40. The van der Waals surface area contributed by atoms with E-state index in [0.29, 0.717) is 17.9 Å². The minimum Gasteiger partial charge on any atom is -0.493 e. The molecule has 6 rings (SSSR count). The number of nitrogens with zero attached hydrogens (tertiary/aromatic N) is 2. The predicted molar refractivity (Wildman–Crippen MR) is 129 cm³/mol. The average Bonchev–Trinajstić information content (AvgIpc) is 3.50. The molecule has 166 valence electrons. The molecule has 0 spiro atoms. The predicted octanol–water partition coefficient (Wildman–Crippen LogP) is 5.53. The quantitative estimate of drug-likeness (QED) is 0.436. The molecular weight excluding hydrogens is 434 g/mol. The molecule has 1 N–H and O–H groups in total. The lowest BCUT2D eigenvalue weighted by atomic mass is 9.79. The number of aromatic nitrogens is 2. The van der Waals surface area contributed by atoms with Gasteiger partial charge < -0.3 is 14.8 Å². The Morgan fingerprint density at radius 3 is 2.67 bits per heavy atom. The van der Waals surface area contributed by atoms with Crippen LogP contribution in [0.3, 0.4) is 0 Å². The number of methoxy groups -OCH3 is 2. The topological polar surface area (TPSA) is 65.4 Å². The highest BCUT2D eigenvalue weighted by Crippen LogP contribution is 2.47. The Morgan fingerprint density at radius 1 is 1.03 bits per heavy atom. The normalized spacial score (nSPS) is 19.8. The van der Waals surface area contributed by atoms with E-state index in [4.69, 9.17) is 14.5 Å². The summed E-state index contributed by atoms with van der Waals surface area (Å²) in [5, 5.41) is 5.59. The SMILES string of the molecule is COc1ccc([C@H]2C3=C(C[C@H](c4cccs4)CC3=O)Nc3nc4ccccc4n32)cc1OC. The Labute approximate surface area is 195 Å². The van der Waals surface area contributed by atoms with Crippen LogP contribution in [0.25, 0.3) is 11.0 Å². The molecule has 0 radical (unpaired) electrons. The van der Waals surface area contributed by atoms with Gasteiger partial charge in [-0.3, -0.25) is 9.36 Å². The number of nitrogens with one attached hydrogen (secondary N) is 1. The van der Waals surface area contributed by atoms with Gasteiger partial charge in [0.15, 0.2) is 17.3 Å². The van der Waals surface area contributed by atoms with Crippen molar-refractivity contribution in [2.45, 2.75) is 24.8 Å². The highest BCUT2D eigenvalue weighted by atomic mass is 32.1. The van der Waals surface area contributed by atoms with Gasteiger partial charge in [-0.25, -0.2) is 4.98 Å². The van der Waals surface area contributed by atoms with Gasteiger partial charge in [-0.05, 0) is 47.7 Å². The molecule has 0 saturated heterocycles. The van der Waals surface area contributed by atoms with Crippen molar-refractivity contribution in [3.63, 3.8) is 0 Å². The molecule has 2 atom stereocenters. The van der Waals surface area contributed by atoms with Gasteiger partial charge >= 0.3 is 0 Å². The Bertz CT molecular complexity index is 1400. The van der Waals surface area contributed by atoms with Crippen LogP contribution in [0.2, 0.25) is 0 Å². The standard InChI is InChI=1S/C26H23N3O3S/c1-31-21-10-9-15(14-22(21)32-2)25-24-18(12-16(13-20(24)30)23-8-5-11-33-23)28-26-27-17-6-3-4-7-19(17)29(25)26/h3-11,14,16,25H,12-13H2,1-2H3,(H,27,28)/t16-,25-/m0/s1. The van der Waals surface area contributed by atoms with Crippen LogP contribution >= 0.6 is 11.3 Å². The van der Waals surface area contributed by atoms with E-state index in [1.54, 1.807) is 25.6 Å². The number of imidazole rings is 1. The summed E-state index contributed by atoms with van der Waals surface area (Å²) in [5.41, 5.74) is 4.62. The van der Waals surface area contributed by atoms with Gasteiger partial charge in [-0.2, -0.15) is 0 Å². The molecule has 0 saturated carbocycles. The largest absolute Gasteiger partial charge is 0.493 e. The van der Waals surface area contributed by atoms with Crippen molar-refractivity contribution >= 4 is 34.1 Å². The first-order valence-corrected chi connectivity index (χ1v) is 11.8. The van der Waals surface area contributed by atoms with Crippen LogP contribution in [-0.2, 0) is 4.79 Å². The Morgan fingerprint density at radius 2 is 1.88 bits per heavy atom. The fourth-order valence-electron chi connectivity index (χ4n) is 5.09. The van der Waals surface area contributed by atoms with E-state index in [9.17, 15) is 4.79 Å². The Hall–Kier alpha value is -3.58. The number of benzene rings is 2. The summed E-state index contributed by atoms with van der Waals surface area (Å²) in [6.45, 7) is 0. The van der Waals surface area contributed by atoms with Crippen LogP contribution in [0, 0.1) is 0 Å². The number of carbonyl (C=O) groups excluding carboxylic acids is 1. The van der Waals surface area contributed by atoms with Crippen LogP contribution in [-0.4, -0.2) is 29.6 Å². The second-order valence-corrected chi connectivity index (χ2v) is 9.35. The van der Waals surface area contributed by atoms with Crippen molar-refractivity contribution in [3.05, 3.63) is 81.7 Å². The number of rotatable bonds is 4. The van der Waals surface area contributed by atoms with E-state index in [-0.39, 0.29) is 17.7 Å². The van der Waals surface area contributed by atoms with Crippen molar-refractivity contribution in [2.24, 2.45) is 0 Å². The summed E-state index contributed by atoms with van der Waals surface area (Å²) in [4.78, 5) is 19.8. The number of para-hydroxylation sites is 2. The lowest BCUT2D eigenvalue weighted by molar-refractivity contribution is -0.116. The molecule has 4 aromatic rings. The average molecular weight is 458 g/mol. The van der Waals surface area contributed by atoms with Crippen molar-refractivity contribution in [1.82, 2.24) is 9.55 Å². The summed E-state index contributed by atoms with van der Waals surface area (Å²) in [6, 6.07) is 17.8. The minimum absolute atomic E-state index is 0.172. The first kappa shape index (κ1) is 20.1. The molecule has 1 aliphatic heterocycles. The van der Waals surface area contributed by atoms with Crippen LogP contribution in [0.1, 0.15) is 35.2 Å². The number of thiophene rings is 1. The number of carbonyl (C=O) groups is 1. The van der Waals surface area contributed by atoms with E-state index < -0.39 is 0 Å². The van der Waals surface area contributed by atoms with Gasteiger partial charge in [0.2, 0.25) is 5.95 Å². The Kier molecular flexibility index (Phi) is 4.73. The zero-order valence-electron chi connectivity index (χ0n) is 18.4. The van der Waals surface area contributed by atoms with Gasteiger partial charge in [0, 0.05) is 28.5 Å². The van der Waals surface area contributed by atoms with Gasteiger partial charge in [0.05, 0.1) is 31.3 Å². The molecular formula is C26H23N3O3S. The number of hydrogen-bond acceptors (Lipinski definition) is 6. The van der Waals surface area contributed by atoms with Crippen molar-refractivity contribution < 1.29 is 14.3 Å². The first-order chi connectivity index (χ1) is 16.2. The number of Topliss-reactive ketones (excluding diaryl/α,β-unsaturated/α-hetero) is 1. The number of anilines is 1. The number of fused-ring (bicyclic) bond motifs is 3. The second kappa shape index (κ2) is 7.78. The van der Waals surface area contributed by atoms with Crippen molar-refractivity contribution in [2.75, 3.05) is 19.5 Å². The monoisotopic (exact) mass is 457 g/mol. The third kappa shape index (κ3) is 3.15. The summed E-state index contributed by atoms with van der Waals surface area (Å²) < 4.78 is 13.2. The number of ketones is 1. The smallest absolute Gasteiger partial charge is 0.209 e. The lowest BCUT2D eigenvalue weighted by Gasteiger charge is -2.36. The first-order valence-electron chi connectivity index (χ1n) is 10.9. The fraction of sp³-hybridized carbons (Fsp3) is 0.231. The Balaban J connectivity index is 1.55. The maximum Gasteiger partial charge on any atom is 0.209 e. The fourth-order valence-corrected chi connectivity index (χ4v) is 5.92. The minimum atomic E-state index is -0.291. The second-order valence-electron chi connectivity index (χ2n) is 8.37. The third-order valence-corrected chi connectivity index (χ3v) is 7.60. The van der Waals surface area contributed by atoms with Crippen LogP contribution in [0.4, 0.5) is 5.95 Å². The van der Waals surface area contributed by atoms with Crippen molar-refractivity contribution in [1.29, 1.82) is 0 Å². The maximum atomic E-state index is 13.7. The van der Waals surface area contributed by atoms with Gasteiger partial charge in [-0.1, -0.05) is 24.3 Å². The number of allylic oxidation sites excluding steroid dienone is 2. The molecule has 2 aliphatic rings. The summed E-state index contributed by atoms with van der Waals surface area (Å²) >= 11 is 1.71. The molecule has 2 aromatic heterocycles. The molecule has 1 aliphatic carbocycles. The van der Waals surface area contributed by atoms with E-state index in [1.165, 1.54) is 4.88 Å². The number of ether oxygens (including phenoxy) is 2. The van der Waals surface area contributed by atoms with Crippen LogP contribution in [0.5, 0.6) is 11.5 Å². The van der Waals surface area contributed by atoms with Gasteiger partial charge in [-0.15, -0.1) is 11.3 Å². The van der Waals surface area contributed by atoms with Crippen LogP contribution in [0.15, 0.2) is 71.2 Å². The molecule has 33 heavy (non-hydrogen) atoms. The molecule has 7 heteroatoms. The molecule has 0 amide bonds. The van der Waals surface area contributed by atoms with E-state index >= 15 is 0 Å². The highest BCUT2D eigenvalue weighted by molar-refractivity contribution is 7.10. The molecule has 0 bridgehead atoms. The van der Waals surface area contributed by atoms with E-state index in [2.05, 4.69) is 33.5 Å². The summed E-state index contributed by atoms with van der Waals surface area (Å²) in [5.74, 6) is 2.42. The lowest BCUT2D eigenvalue weighted by Crippen LogP contribution is -2.33. The molecule has 2 aromatic carbocycles. The molecule has 6 nitrogen and oxygen atoms in total. The van der Waals surface area contributed by atoms with Gasteiger partial charge in [0.25, 0.3) is 0 Å². The van der Waals surface area contributed by atoms with Gasteiger partial charge in [0.1, 0.15) is 0 Å². The molecule has 0 fully saturated rings. The zero-order chi connectivity index (χ0) is 22.5.